The van der Waals surface area contributed by atoms with E-state index >= 15 is 0 Å². The summed E-state index contributed by atoms with van der Waals surface area (Å²) in [6.07, 6.45) is 4.78. The van der Waals surface area contributed by atoms with Crippen molar-refractivity contribution in [3.05, 3.63) is 18.2 Å². The van der Waals surface area contributed by atoms with Crippen LogP contribution < -0.4 is 15.2 Å². The summed E-state index contributed by atoms with van der Waals surface area (Å²) in [5, 5.41) is 0. The minimum absolute atomic E-state index is 0.663. The van der Waals surface area contributed by atoms with Gasteiger partial charge in [-0.3, -0.25) is 0 Å². The summed E-state index contributed by atoms with van der Waals surface area (Å²) in [7, 11) is 1.64. The van der Waals surface area contributed by atoms with Gasteiger partial charge in [-0.2, -0.15) is 0 Å². The maximum Gasteiger partial charge on any atom is 0.145 e. The monoisotopic (exact) mass is 223 g/mol. The van der Waals surface area contributed by atoms with Gasteiger partial charge in [-0.05, 0) is 18.6 Å². The zero-order valence-corrected chi connectivity index (χ0v) is 10.2. The second kappa shape index (κ2) is 6.99. The van der Waals surface area contributed by atoms with E-state index in [1.807, 2.05) is 12.1 Å². The first-order valence-corrected chi connectivity index (χ1v) is 5.84. The lowest BCUT2D eigenvalue weighted by molar-refractivity contribution is 0.304. The van der Waals surface area contributed by atoms with Crippen molar-refractivity contribution in [1.29, 1.82) is 0 Å². The molecule has 3 heteroatoms. The Balaban J connectivity index is 2.40. The molecule has 1 rings (SSSR count). The first-order chi connectivity index (χ1) is 7.77. The summed E-state index contributed by atoms with van der Waals surface area (Å²) in [5.74, 6) is 1.49. The third-order valence-corrected chi connectivity index (χ3v) is 2.48. The first kappa shape index (κ1) is 12.7. The number of unbranched alkanes of at least 4 members (excludes halogenated alkanes) is 3. The van der Waals surface area contributed by atoms with Crippen LogP contribution in [-0.2, 0) is 0 Å². The van der Waals surface area contributed by atoms with E-state index in [4.69, 9.17) is 15.2 Å². The van der Waals surface area contributed by atoms with Gasteiger partial charge in [0.25, 0.3) is 0 Å². The Bertz CT molecular complexity index is 313. The Labute approximate surface area is 97.6 Å². The highest BCUT2D eigenvalue weighted by Gasteiger charge is 2.02. The summed E-state index contributed by atoms with van der Waals surface area (Å²) in [4.78, 5) is 0. The molecule has 0 radical (unpaired) electrons. The van der Waals surface area contributed by atoms with Crippen molar-refractivity contribution in [3.63, 3.8) is 0 Å². The molecule has 0 bridgehead atoms. The van der Waals surface area contributed by atoms with Crippen LogP contribution in [0, 0.1) is 0 Å². The molecule has 3 nitrogen and oxygen atoms in total. The number of hydrogen-bond acceptors (Lipinski definition) is 3. The van der Waals surface area contributed by atoms with Crippen LogP contribution in [0.3, 0.4) is 0 Å². The van der Waals surface area contributed by atoms with Crippen LogP contribution in [-0.4, -0.2) is 13.7 Å². The second-order valence-electron chi connectivity index (χ2n) is 3.81. The van der Waals surface area contributed by atoms with Crippen molar-refractivity contribution in [1.82, 2.24) is 0 Å². The van der Waals surface area contributed by atoms with Gasteiger partial charge in [0.05, 0.1) is 19.4 Å². The van der Waals surface area contributed by atoms with Crippen molar-refractivity contribution < 1.29 is 9.47 Å². The zero-order valence-electron chi connectivity index (χ0n) is 10.2. The van der Waals surface area contributed by atoms with Gasteiger partial charge in [0.2, 0.25) is 0 Å². The van der Waals surface area contributed by atoms with Gasteiger partial charge in [-0.25, -0.2) is 0 Å². The SMILES string of the molecule is CCCCCCOc1cc(OC)ccc1N. The fourth-order valence-electron chi connectivity index (χ4n) is 1.48. The van der Waals surface area contributed by atoms with Crippen LogP contribution in [0.1, 0.15) is 32.6 Å². The lowest BCUT2D eigenvalue weighted by Gasteiger charge is -2.10. The average Bonchev–Trinajstić information content (AvgIpc) is 2.31. The number of hydrogen-bond donors (Lipinski definition) is 1. The highest BCUT2D eigenvalue weighted by Crippen LogP contribution is 2.26. The molecule has 1 aromatic carbocycles. The van der Waals surface area contributed by atoms with E-state index in [1.165, 1.54) is 19.3 Å². The van der Waals surface area contributed by atoms with Crippen LogP contribution in [0.5, 0.6) is 11.5 Å². The van der Waals surface area contributed by atoms with Crippen molar-refractivity contribution in [2.24, 2.45) is 0 Å². The van der Waals surface area contributed by atoms with E-state index in [9.17, 15) is 0 Å². The standard InChI is InChI=1S/C13H21NO2/c1-3-4-5-6-9-16-13-10-11(15-2)7-8-12(13)14/h7-8,10H,3-6,9,14H2,1-2H3. The quantitative estimate of drug-likeness (QED) is 0.570. The summed E-state index contributed by atoms with van der Waals surface area (Å²) in [5.41, 5.74) is 6.47. The second-order valence-corrected chi connectivity index (χ2v) is 3.81. The smallest absolute Gasteiger partial charge is 0.145 e. The van der Waals surface area contributed by atoms with E-state index in [0.29, 0.717) is 5.69 Å². The molecule has 0 amide bonds. The average molecular weight is 223 g/mol. The molecule has 1 aromatic rings. The molecule has 90 valence electrons. The normalized spacial score (nSPS) is 10.1. The molecular formula is C13H21NO2. The van der Waals surface area contributed by atoms with Crippen molar-refractivity contribution in [2.45, 2.75) is 32.6 Å². The Morgan fingerprint density at radius 2 is 2.00 bits per heavy atom. The van der Waals surface area contributed by atoms with Gasteiger partial charge in [0.15, 0.2) is 0 Å². The Hall–Kier alpha value is -1.38. The Morgan fingerprint density at radius 1 is 1.19 bits per heavy atom. The number of nitrogens with two attached hydrogens (primary N) is 1. The molecule has 0 aliphatic rings. The van der Waals surface area contributed by atoms with Gasteiger partial charge >= 0.3 is 0 Å². The molecule has 2 N–H and O–H groups in total. The van der Waals surface area contributed by atoms with Gasteiger partial charge in [0, 0.05) is 6.07 Å². The van der Waals surface area contributed by atoms with E-state index in [0.717, 1.165) is 24.5 Å². The highest BCUT2D eigenvalue weighted by molar-refractivity contribution is 5.55. The van der Waals surface area contributed by atoms with E-state index in [-0.39, 0.29) is 0 Å². The van der Waals surface area contributed by atoms with Gasteiger partial charge in [0.1, 0.15) is 11.5 Å². The number of nitrogen functional groups attached to an aromatic ring is 1. The largest absolute Gasteiger partial charge is 0.497 e. The number of methoxy groups -OCH3 is 1. The van der Waals surface area contributed by atoms with Crippen LogP contribution in [0.25, 0.3) is 0 Å². The fourth-order valence-corrected chi connectivity index (χ4v) is 1.48. The highest BCUT2D eigenvalue weighted by atomic mass is 16.5. The number of benzene rings is 1. The number of ether oxygens (including phenoxy) is 2. The van der Waals surface area contributed by atoms with Crippen molar-refractivity contribution >= 4 is 5.69 Å². The molecule has 0 aromatic heterocycles. The molecule has 0 atom stereocenters. The molecule has 0 spiro atoms. The predicted octanol–water partition coefficient (Wildman–Crippen LogP) is 3.24. The van der Waals surface area contributed by atoms with Crippen LogP contribution in [0.2, 0.25) is 0 Å². The number of anilines is 1. The topological polar surface area (TPSA) is 44.5 Å². The lowest BCUT2D eigenvalue weighted by Crippen LogP contribution is -2.00. The summed E-state index contributed by atoms with van der Waals surface area (Å²) >= 11 is 0. The van der Waals surface area contributed by atoms with E-state index in [1.54, 1.807) is 13.2 Å². The summed E-state index contributed by atoms with van der Waals surface area (Å²) in [6.45, 7) is 2.91. The summed E-state index contributed by atoms with van der Waals surface area (Å²) < 4.78 is 10.7. The minimum Gasteiger partial charge on any atom is -0.497 e. The van der Waals surface area contributed by atoms with E-state index < -0.39 is 0 Å². The van der Waals surface area contributed by atoms with Crippen LogP contribution in [0.15, 0.2) is 18.2 Å². The zero-order chi connectivity index (χ0) is 11.8. The van der Waals surface area contributed by atoms with Crippen LogP contribution >= 0.6 is 0 Å². The minimum atomic E-state index is 0.663. The van der Waals surface area contributed by atoms with E-state index in [2.05, 4.69) is 6.92 Å². The van der Waals surface area contributed by atoms with Crippen molar-refractivity contribution in [3.8, 4) is 11.5 Å². The van der Waals surface area contributed by atoms with Gasteiger partial charge < -0.3 is 15.2 Å². The molecule has 16 heavy (non-hydrogen) atoms. The molecular weight excluding hydrogens is 202 g/mol. The molecule has 0 aliphatic heterocycles. The number of rotatable bonds is 7. The fraction of sp³-hybridized carbons (Fsp3) is 0.538. The van der Waals surface area contributed by atoms with Crippen molar-refractivity contribution in [2.75, 3.05) is 19.5 Å². The van der Waals surface area contributed by atoms with Crippen LogP contribution in [0.4, 0.5) is 5.69 Å². The molecule has 0 saturated carbocycles. The maximum absolute atomic E-state index is 5.80. The molecule has 0 unspecified atom stereocenters. The Kier molecular flexibility index (Phi) is 5.54. The third kappa shape index (κ3) is 4.01. The van der Waals surface area contributed by atoms with Gasteiger partial charge in [-0.15, -0.1) is 0 Å². The lowest BCUT2D eigenvalue weighted by atomic mass is 10.2. The predicted molar refractivity (Wildman–Crippen MR) is 67.0 cm³/mol. The van der Waals surface area contributed by atoms with Gasteiger partial charge in [-0.1, -0.05) is 26.2 Å². The molecule has 0 fully saturated rings. The Morgan fingerprint density at radius 3 is 2.69 bits per heavy atom. The maximum atomic E-state index is 5.80. The molecule has 0 saturated heterocycles. The third-order valence-electron chi connectivity index (χ3n) is 2.48. The molecule has 0 aliphatic carbocycles. The first-order valence-electron chi connectivity index (χ1n) is 5.84. The summed E-state index contributed by atoms with van der Waals surface area (Å²) in [6, 6.07) is 5.47. The molecule has 0 heterocycles.